The van der Waals surface area contributed by atoms with Gasteiger partial charge in [0.15, 0.2) is 0 Å². The Morgan fingerprint density at radius 2 is 1.89 bits per heavy atom. The van der Waals surface area contributed by atoms with E-state index in [-0.39, 0.29) is 17.8 Å². The van der Waals surface area contributed by atoms with E-state index in [1.807, 2.05) is 24.3 Å². The van der Waals surface area contributed by atoms with Crippen molar-refractivity contribution in [1.29, 1.82) is 0 Å². The molecule has 0 aromatic heterocycles. The predicted molar refractivity (Wildman–Crippen MR) is 103 cm³/mol. The SMILES string of the molecule is CCOC(=O)C1(Cc2ccc(OC)cc2)CCN(C(=O)[C@@H]2CCC(=O)N2)CC1. The Labute approximate surface area is 165 Å². The van der Waals surface area contributed by atoms with Crippen molar-refractivity contribution in [2.24, 2.45) is 5.41 Å². The van der Waals surface area contributed by atoms with Crippen molar-refractivity contribution in [1.82, 2.24) is 10.2 Å². The van der Waals surface area contributed by atoms with Gasteiger partial charge in [0.05, 0.1) is 19.1 Å². The number of piperidine rings is 1. The molecule has 3 rings (SSSR count). The molecular weight excluding hydrogens is 360 g/mol. The van der Waals surface area contributed by atoms with Crippen LogP contribution in [0.15, 0.2) is 24.3 Å². The smallest absolute Gasteiger partial charge is 0.312 e. The Morgan fingerprint density at radius 3 is 2.43 bits per heavy atom. The third kappa shape index (κ3) is 4.29. The third-order valence-corrected chi connectivity index (χ3v) is 5.74. The van der Waals surface area contributed by atoms with E-state index in [4.69, 9.17) is 9.47 Å². The number of likely N-dealkylation sites (tertiary alicyclic amines) is 1. The van der Waals surface area contributed by atoms with Crippen molar-refractivity contribution in [2.75, 3.05) is 26.8 Å². The molecule has 1 aromatic carbocycles. The van der Waals surface area contributed by atoms with E-state index in [1.165, 1.54) is 0 Å². The molecule has 2 amide bonds. The lowest BCUT2D eigenvalue weighted by Gasteiger charge is -2.40. The Kier molecular flexibility index (Phi) is 6.21. The number of rotatable bonds is 6. The van der Waals surface area contributed by atoms with E-state index in [2.05, 4.69) is 5.32 Å². The zero-order valence-electron chi connectivity index (χ0n) is 16.5. The minimum atomic E-state index is -0.639. The molecule has 2 aliphatic heterocycles. The number of nitrogens with zero attached hydrogens (tertiary/aromatic N) is 1. The Balaban J connectivity index is 1.70. The van der Waals surface area contributed by atoms with Gasteiger partial charge >= 0.3 is 5.97 Å². The molecule has 2 heterocycles. The summed E-state index contributed by atoms with van der Waals surface area (Å²) in [5.41, 5.74) is 0.400. The van der Waals surface area contributed by atoms with Crippen molar-refractivity contribution in [3.63, 3.8) is 0 Å². The lowest BCUT2D eigenvalue weighted by molar-refractivity contribution is -0.160. The molecule has 7 heteroatoms. The zero-order valence-corrected chi connectivity index (χ0v) is 16.5. The molecule has 2 saturated heterocycles. The number of hydrogen-bond donors (Lipinski definition) is 1. The van der Waals surface area contributed by atoms with Crippen LogP contribution >= 0.6 is 0 Å². The van der Waals surface area contributed by atoms with E-state index in [9.17, 15) is 14.4 Å². The first-order valence-corrected chi connectivity index (χ1v) is 9.86. The summed E-state index contributed by atoms with van der Waals surface area (Å²) >= 11 is 0. The molecule has 2 aliphatic rings. The number of hydrogen-bond acceptors (Lipinski definition) is 5. The highest BCUT2D eigenvalue weighted by Crippen LogP contribution is 2.37. The largest absolute Gasteiger partial charge is 0.497 e. The number of benzene rings is 1. The molecule has 0 bridgehead atoms. The Hall–Kier alpha value is -2.57. The van der Waals surface area contributed by atoms with Gasteiger partial charge in [-0.15, -0.1) is 0 Å². The van der Waals surface area contributed by atoms with Crippen molar-refractivity contribution < 1.29 is 23.9 Å². The highest BCUT2D eigenvalue weighted by atomic mass is 16.5. The highest BCUT2D eigenvalue weighted by Gasteiger charge is 2.44. The van der Waals surface area contributed by atoms with E-state index in [1.54, 1.807) is 18.9 Å². The topological polar surface area (TPSA) is 84.9 Å². The number of carbonyl (C=O) groups excluding carboxylic acids is 3. The molecule has 152 valence electrons. The molecule has 2 fully saturated rings. The Morgan fingerprint density at radius 1 is 1.21 bits per heavy atom. The van der Waals surface area contributed by atoms with E-state index in [0.29, 0.717) is 51.8 Å². The minimum absolute atomic E-state index is 0.0484. The number of carbonyl (C=O) groups is 3. The number of amides is 2. The zero-order chi connectivity index (χ0) is 20.1. The van der Waals surface area contributed by atoms with Gasteiger partial charge in [0.25, 0.3) is 0 Å². The van der Waals surface area contributed by atoms with Crippen molar-refractivity contribution >= 4 is 17.8 Å². The summed E-state index contributed by atoms with van der Waals surface area (Å²) < 4.78 is 10.6. The molecule has 28 heavy (non-hydrogen) atoms. The van der Waals surface area contributed by atoms with Crippen LogP contribution in [0, 0.1) is 5.41 Å². The van der Waals surface area contributed by atoms with Crippen LogP contribution < -0.4 is 10.1 Å². The second-order valence-electron chi connectivity index (χ2n) is 7.51. The van der Waals surface area contributed by atoms with Gasteiger partial charge in [-0.05, 0) is 50.3 Å². The number of methoxy groups -OCH3 is 1. The van der Waals surface area contributed by atoms with Gasteiger partial charge < -0.3 is 19.7 Å². The van der Waals surface area contributed by atoms with Crippen LogP contribution in [0.4, 0.5) is 0 Å². The highest BCUT2D eigenvalue weighted by molar-refractivity contribution is 5.91. The van der Waals surface area contributed by atoms with Crippen LogP contribution in [0.1, 0.15) is 38.2 Å². The Bertz CT molecular complexity index is 723. The average Bonchev–Trinajstić information content (AvgIpc) is 3.15. The van der Waals surface area contributed by atoms with Gasteiger partial charge in [0.2, 0.25) is 11.8 Å². The van der Waals surface area contributed by atoms with Crippen LogP contribution in [0.3, 0.4) is 0 Å². The predicted octanol–water partition coefficient (Wildman–Crippen LogP) is 1.69. The second kappa shape index (κ2) is 8.63. The minimum Gasteiger partial charge on any atom is -0.497 e. The number of esters is 1. The first kappa shape index (κ1) is 20.2. The van der Waals surface area contributed by atoms with E-state index >= 15 is 0 Å². The number of nitrogens with one attached hydrogen (secondary N) is 1. The third-order valence-electron chi connectivity index (χ3n) is 5.74. The standard InChI is InChI=1S/C21H28N2O5/c1-3-28-20(26)21(14-15-4-6-16(27-2)7-5-15)10-12-23(13-11-21)19(25)17-8-9-18(24)22-17/h4-7,17H,3,8-14H2,1-2H3,(H,22,24)/t17-/m0/s1. The number of ether oxygens (including phenoxy) is 2. The van der Waals surface area contributed by atoms with Crippen LogP contribution in [0.25, 0.3) is 0 Å². The molecule has 0 aliphatic carbocycles. The monoisotopic (exact) mass is 388 g/mol. The molecule has 1 atom stereocenters. The molecule has 1 aromatic rings. The maximum atomic E-state index is 12.8. The summed E-state index contributed by atoms with van der Waals surface area (Å²) in [4.78, 5) is 38.6. The average molecular weight is 388 g/mol. The molecule has 0 saturated carbocycles. The maximum absolute atomic E-state index is 12.8. The summed E-state index contributed by atoms with van der Waals surface area (Å²) in [6.45, 7) is 3.11. The lowest BCUT2D eigenvalue weighted by Crippen LogP contribution is -2.52. The first-order chi connectivity index (χ1) is 13.5. The molecule has 0 unspecified atom stereocenters. The molecule has 0 spiro atoms. The molecule has 0 radical (unpaired) electrons. The fourth-order valence-electron chi connectivity index (χ4n) is 4.05. The fourth-order valence-corrected chi connectivity index (χ4v) is 4.05. The first-order valence-electron chi connectivity index (χ1n) is 9.86. The second-order valence-corrected chi connectivity index (χ2v) is 7.51. The quantitative estimate of drug-likeness (QED) is 0.750. The van der Waals surface area contributed by atoms with Crippen LogP contribution in [-0.4, -0.2) is 55.5 Å². The van der Waals surface area contributed by atoms with Gasteiger partial charge in [-0.25, -0.2) is 0 Å². The van der Waals surface area contributed by atoms with E-state index < -0.39 is 11.5 Å². The van der Waals surface area contributed by atoms with Crippen LogP contribution in [0.5, 0.6) is 5.75 Å². The molecular formula is C21H28N2O5. The van der Waals surface area contributed by atoms with Crippen molar-refractivity contribution in [2.45, 2.75) is 45.1 Å². The van der Waals surface area contributed by atoms with E-state index in [0.717, 1.165) is 11.3 Å². The summed E-state index contributed by atoms with van der Waals surface area (Å²) in [7, 11) is 1.62. The summed E-state index contributed by atoms with van der Waals surface area (Å²) in [5, 5.41) is 2.73. The van der Waals surface area contributed by atoms with Gasteiger partial charge in [-0.2, -0.15) is 0 Å². The summed E-state index contributed by atoms with van der Waals surface area (Å²) in [6, 6.07) is 7.27. The molecule has 1 N–H and O–H groups in total. The maximum Gasteiger partial charge on any atom is 0.312 e. The fraction of sp³-hybridized carbons (Fsp3) is 0.571. The van der Waals surface area contributed by atoms with Gasteiger partial charge in [-0.1, -0.05) is 12.1 Å². The molecule has 7 nitrogen and oxygen atoms in total. The lowest BCUT2D eigenvalue weighted by atomic mass is 9.73. The van der Waals surface area contributed by atoms with Gasteiger partial charge in [0.1, 0.15) is 11.8 Å². The van der Waals surface area contributed by atoms with Crippen molar-refractivity contribution in [3.05, 3.63) is 29.8 Å². The summed E-state index contributed by atoms with van der Waals surface area (Å²) in [6.07, 6.45) is 2.60. The normalized spacial score (nSPS) is 21.1. The van der Waals surface area contributed by atoms with Crippen LogP contribution in [0.2, 0.25) is 0 Å². The van der Waals surface area contributed by atoms with Gasteiger partial charge in [0, 0.05) is 19.5 Å². The van der Waals surface area contributed by atoms with Crippen molar-refractivity contribution in [3.8, 4) is 5.75 Å². The summed E-state index contributed by atoms with van der Waals surface area (Å²) in [5.74, 6) is 0.448. The van der Waals surface area contributed by atoms with Gasteiger partial charge in [-0.3, -0.25) is 14.4 Å². The van der Waals surface area contributed by atoms with Crippen LogP contribution in [-0.2, 0) is 25.5 Å².